The van der Waals surface area contributed by atoms with Crippen LogP contribution in [-0.4, -0.2) is 47.0 Å². The Morgan fingerprint density at radius 1 is 1.37 bits per heavy atom. The number of nitrogens with zero attached hydrogens (tertiary/aromatic N) is 1. The zero-order valence-corrected chi connectivity index (χ0v) is 17.6. The number of carbonyl (C=O) groups excluding carboxylic acids is 1. The smallest absolute Gasteiger partial charge is 0.302 e. The van der Waals surface area contributed by atoms with Crippen molar-refractivity contribution in [2.75, 3.05) is 19.8 Å². The SMILES string of the molecule is CC(=O)OC[C@]12COC[C@@H](C1OCc1ccccc1)[C@H](n1cc(C)c(=O)[nH]c1=S)O2. The molecule has 2 aromatic rings. The van der Waals surface area contributed by atoms with E-state index < -0.39 is 17.8 Å². The van der Waals surface area contributed by atoms with Crippen LogP contribution in [0.25, 0.3) is 0 Å². The highest BCUT2D eigenvalue weighted by molar-refractivity contribution is 7.71. The summed E-state index contributed by atoms with van der Waals surface area (Å²) >= 11 is 5.38. The fourth-order valence-electron chi connectivity index (χ4n) is 4.04. The van der Waals surface area contributed by atoms with Gasteiger partial charge in [0.05, 0.1) is 25.7 Å². The fraction of sp³-hybridized carbons (Fsp3) is 0.476. The van der Waals surface area contributed by atoms with Crippen LogP contribution < -0.4 is 5.56 Å². The van der Waals surface area contributed by atoms with E-state index in [1.807, 2.05) is 30.3 Å². The molecule has 4 rings (SSSR count). The van der Waals surface area contributed by atoms with E-state index >= 15 is 0 Å². The molecule has 2 saturated heterocycles. The molecular formula is C21H24N2O6S. The Hall–Kier alpha value is -2.33. The summed E-state index contributed by atoms with van der Waals surface area (Å²) in [5.41, 5.74) is 0.344. The zero-order valence-electron chi connectivity index (χ0n) is 16.8. The number of fused-ring (bicyclic) bond motifs is 2. The van der Waals surface area contributed by atoms with E-state index in [0.29, 0.717) is 18.8 Å². The van der Waals surface area contributed by atoms with Gasteiger partial charge in [0.1, 0.15) is 18.9 Å². The van der Waals surface area contributed by atoms with E-state index in [2.05, 4.69) is 4.98 Å². The third-order valence-electron chi connectivity index (χ3n) is 5.50. The summed E-state index contributed by atoms with van der Waals surface area (Å²) in [5.74, 6) is -0.605. The van der Waals surface area contributed by atoms with Gasteiger partial charge in [-0.25, -0.2) is 0 Å². The third kappa shape index (κ3) is 3.98. The first-order valence-corrected chi connectivity index (χ1v) is 10.2. The molecule has 2 aliphatic rings. The Bertz CT molecular complexity index is 1040. The lowest BCUT2D eigenvalue weighted by Crippen LogP contribution is -2.54. The third-order valence-corrected chi connectivity index (χ3v) is 5.81. The van der Waals surface area contributed by atoms with Crippen molar-refractivity contribution in [2.24, 2.45) is 5.92 Å². The zero-order chi connectivity index (χ0) is 21.3. The highest BCUT2D eigenvalue weighted by Gasteiger charge is 2.60. The molecule has 30 heavy (non-hydrogen) atoms. The van der Waals surface area contributed by atoms with Crippen molar-refractivity contribution >= 4 is 18.2 Å². The van der Waals surface area contributed by atoms with Gasteiger partial charge in [-0.15, -0.1) is 0 Å². The molecule has 8 nitrogen and oxygen atoms in total. The lowest BCUT2D eigenvalue weighted by molar-refractivity contribution is -0.193. The average Bonchev–Trinajstić information content (AvgIpc) is 2.89. The molecule has 1 unspecified atom stereocenters. The van der Waals surface area contributed by atoms with E-state index in [1.165, 1.54) is 6.92 Å². The largest absolute Gasteiger partial charge is 0.463 e. The average molecular weight is 432 g/mol. The second kappa shape index (κ2) is 8.43. The minimum Gasteiger partial charge on any atom is -0.463 e. The van der Waals surface area contributed by atoms with Crippen LogP contribution in [0.1, 0.15) is 24.3 Å². The maximum Gasteiger partial charge on any atom is 0.302 e. The molecule has 9 heteroatoms. The van der Waals surface area contributed by atoms with Gasteiger partial charge in [0, 0.05) is 18.7 Å². The van der Waals surface area contributed by atoms with E-state index in [0.717, 1.165) is 5.56 Å². The van der Waals surface area contributed by atoms with Crippen LogP contribution in [0.4, 0.5) is 0 Å². The molecule has 0 spiro atoms. The molecule has 2 fully saturated rings. The molecule has 3 heterocycles. The summed E-state index contributed by atoms with van der Waals surface area (Å²) in [6.45, 7) is 4.07. The summed E-state index contributed by atoms with van der Waals surface area (Å²) < 4.78 is 25.9. The number of rotatable bonds is 6. The van der Waals surface area contributed by atoms with Gasteiger partial charge in [-0.2, -0.15) is 0 Å². The summed E-state index contributed by atoms with van der Waals surface area (Å²) in [7, 11) is 0. The normalized spacial score (nSPS) is 27.7. The molecule has 1 N–H and O–H groups in total. The molecule has 0 saturated carbocycles. The van der Waals surface area contributed by atoms with Gasteiger partial charge < -0.3 is 18.9 Å². The predicted octanol–water partition coefficient (Wildman–Crippen LogP) is 2.28. The molecule has 1 aromatic carbocycles. The van der Waals surface area contributed by atoms with Crippen molar-refractivity contribution in [1.29, 1.82) is 0 Å². The summed E-state index contributed by atoms with van der Waals surface area (Å²) in [6, 6.07) is 9.82. The number of esters is 1. The maximum atomic E-state index is 11.9. The highest BCUT2D eigenvalue weighted by Crippen LogP contribution is 2.47. The monoisotopic (exact) mass is 432 g/mol. The Kier molecular flexibility index (Phi) is 5.88. The molecule has 1 aromatic heterocycles. The summed E-state index contributed by atoms with van der Waals surface area (Å²) in [5, 5.41) is 0. The van der Waals surface area contributed by atoms with E-state index in [1.54, 1.807) is 17.7 Å². The van der Waals surface area contributed by atoms with E-state index in [-0.39, 0.29) is 35.6 Å². The van der Waals surface area contributed by atoms with E-state index in [9.17, 15) is 9.59 Å². The van der Waals surface area contributed by atoms with Crippen molar-refractivity contribution in [1.82, 2.24) is 9.55 Å². The lowest BCUT2D eigenvalue weighted by atomic mass is 9.88. The van der Waals surface area contributed by atoms with Crippen LogP contribution in [0.2, 0.25) is 0 Å². The molecular weight excluding hydrogens is 408 g/mol. The van der Waals surface area contributed by atoms with Crippen LogP contribution in [0.3, 0.4) is 0 Å². The van der Waals surface area contributed by atoms with Gasteiger partial charge in [-0.05, 0) is 24.7 Å². The first kappa shape index (κ1) is 20.9. The number of nitrogens with one attached hydrogen (secondary N) is 1. The van der Waals surface area contributed by atoms with E-state index in [4.69, 9.17) is 31.2 Å². The Morgan fingerprint density at radius 2 is 2.13 bits per heavy atom. The quantitative estimate of drug-likeness (QED) is 0.553. The fourth-order valence-corrected chi connectivity index (χ4v) is 4.29. The van der Waals surface area contributed by atoms with Crippen LogP contribution >= 0.6 is 12.2 Å². The van der Waals surface area contributed by atoms with Gasteiger partial charge in [0.15, 0.2) is 10.4 Å². The second-order valence-corrected chi connectivity index (χ2v) is 8.11. The van der Waals surface area contributed by atoms with Crippen LogP contribution in [-0.2, 0) is 30.3 Å². The van der Waals surface area contributed by atoms with Crippen molar-refractivity contribution in [3.8, 4) is 0 Å². The molecule has 2 aliphatic heterocycles. The highest BCUT2D eigenvalue weighted by atomic mass is 32.1. The number of hydrogen-bond donors (Lipinski definition) is 1. The molecule has 160 valence electrons. The van der Waals surface area contributed by atoms with Gasteiger partial charge in [0.2, 0.25) is 0 Å². The molecule has 4 atom stereocenters. The molecule has 0 radical (unpaired) electrons. The molecule has 0 aliphatic carbocycles. The van der Waals surface area contributed by atoms with Crippen molar-refractivity contribution in [2.45, 2.75) is 38.4 Å². The number of aromatic nitrogens is 2. The topological polar surface area (TPSA) is 91.8 Å². The summed E-state index contributed by atoms with van der Waals surface area (Å²) in [4.78, 5) is 26.1. The van der Waals surface area contributed by atoms with Crippen molar-refractivity contribution < 1.29 is 23.7 Å². The van der Waals surface area contributed by atoms with Crippen molar-refractivity contribution in [3.63, 3.8) is 0 Å². The predicted molar refractivity (Wildman–Crippen MR) is 109 cm³/mol. The van der Waals surface area contributed by atoms with Gasteiger partial charge in [0.25, 0.3) is 5.56 Å². The summed E-state index contributed by atoms with van der Waals surface area (Å²) in [6.07, 6.45) is 0.775. The number of benzene rings is 1. The standard InChI is InChI=1S/C21H24N2O6S/c1-13-8-23(20(30)22-18(13)25)19-16-10-26-11-21(29-19,12-28-14(2)24)17(16)27-9-15-6-4-3-5-7-15/h3-8,16-17,19H,9-12H2,1-2H3,(H,22,25,30)/t16-,17?,19+,21+/m0/s1. The number of H-pyrrole nitrogens is 1. The van der Waals surface area contributed by atoms with Crippen LogP contribution in [0.5, 0.6) is 0 Å². The van der Waals surface area contributed by atoms with Crippen LogP contribution in [0, 0.1) is 17.6 Å². The second-order valence-electron chi connectivity index (χ2n) is 7.73. The number of aromatic amines is 1. The molecule has 0 amide bonds. The van der Waals surface area contributed by atoms with Gasteiger partial charge in [-0.1, -0.05) is 30.3 Å². The first-order valence-electron chi connectivity index (χ1n) is 9.76. The molecule has 2 bridgehead atoms. The first-order chi connectivity index (χ1) is 14.4. The Balaban J connectivity index is 1.67. The Labute approximate surface area is 178 Å². The Morgan fingerprint density at radius 3 is 2.87 bits per heavy atom. The van der Waals surface area contributed by atoms with Crippen LogP contribution in [0.15, 0.2) is 41.3 Å². The van der Waals surface area contributed by atoms with Gasteiger partial charge >= 0.3 is 5.97 Å². The number of hydrogen-bond acceptors (Lipinski definition) is 7. The number of carbonyl (C=O) groups is 1. The maximum absolute atomic E-state index is 11.9. The lowest BCUT2D eigenvalue weighted by Gasteiger charge is -2.37. The van der Waals surface area contributed by atoms with Crippen molar-refractivity contribution in [3.05, 3.63) is 62.8 Å². The number of aryl methyl sites for hydroxylation is 1. The minimum atomic E-state index is -0.965. The minimum absolute atomic E-state index is 0.00441. The number of ether oxygens (including phenoxy) is 4. The van der Waals surface area contributed by atoms with Gasteiger partial charge in [-0.3, -0.25) is 19.1 Å².